The molecule has 0 aliphatic heterocycles. The van der Waals surface area contributed by atoms with Gasteiger partial charge in [-0.15, -0.1) is 0 Å². The van der Waals surface area contributed by atoms with Gasteiger partial charge in [-0.2, -0.15) is 5.10 Å². The van der Waals surface area contributed by atoms with Gasteiger partial charge in [-0.1, -0.05) is 6.07 Å². The molecule has 1 aromatic carbocycles. The molecule has 2 rings (SSSR count). The van der Waals surface area contributed by atoms with Crippen LogP contribution in [-0.2, 0) is 0 Å². The zero-order valence-corrected chi connectivity index (χ0v) is 11.7. The molecule has 21 heavy (non-hydrogen) atoms. The van der Waals surface area contributed by atoms with Gasteiger partial charge in [-0.05, 0) is 30.3 Å². The average molecular weight is 285 g/mol. The third-order valence-corrected chi connectivity index (χ3v) is 2.70. The molecule has 1 amide bonds. The van der Waals surface area contributed by atoms with Crippen molar-refractivity contribution in [1.29, 1.82) is 0 Å². The summed E-state index contributed by atoms with van der Waals surface area (Å²) >= 11 is 0. The van der Waals surface area contributed by atoms with Crippen LogP contribution in [0.2, 0.25) is 0 Å². The number of nitrogens with zero attached hydrogens (tertiary/aromatic N) is 2. The highest BCUT2D eigenvalue weighted by Gasteiger charge is 2.12. The van der Waals surface area contributed by atoms with Gasteiger partial charge in [0.15, 0.2) is 0 Å². The SMILES string of the molecule is COc1ccc(OC)c(C(=O)N/N=C\c2ccccn2)c1. The Kier molecular flexibility index (Phi) is 4.87. The summed E-state index contributed by atoms with van der Waals surface area (Å²) in [6.45, 7) is 0. The van der Waals surface area contributed by atoms with E-state index >= 15 is 0 Å². The standard InChI is InChI=1S/C15H15N3O3/c1-20-12-6-7-14(21-2)13(9-12)15(19)18-17-10-11-5-3-4-8-16-11/h3-10H,1-2H3,(H,18,19)/b17-10-. The number of rotatable bonds is 5. The zero-order valence-electron chi connectivity index (χ0n) is 11.7. The fourth-order valence-corrected chi connectivity index (χ4v) is 1.66. The number of carbonyl (C=O) groups excluding carboxylic acids is 1. The summed E-state index contributed by atoms with van der Waals surface area (Å²) in [5.74, 6) is 0.619. The molecule has 0 aliphatic carbocycles. The molecule has 108 valence electrons. The van der Waals surface area contributed by atoms with E-state index in [1.54, 1.807) is 36.5 Å². The van der Waals surface area contributed by atoms with E-state index in [4.69, 9.17) is 9.47 Å². The first-order valence-electron chi connectivity index (χ1n) is 6.21. The molecule has 0 spiro atoms. The number of hydrogen-bond acceptors (Lipinski definition) is 5. The summed E-state index contributed by atoms with van der Waals surface area (Å²) in [5.41, 5.74) is 3.42. The first kappa shape index (κ1) is 14.5. The quantitative estimate of drug-likeness (QED) is 0.672. The smallest absolute Gasteiger partial charge is 0.275 e. The number of amides is 1. The molecular weight excluding hydrogens is 270 g/mol. The van der Waals surface area contributed by atoms with Crippen molar-refractivity contribution in [2.45, 2.75) is 0 Å². The molecule has 0 saturated heterocycles. The fourth-order valence-electron chi connectivity index (χ4n) is 1.66. The van der Waals surface area contributed by atoms with E-state index in [2.05, 4.69) is 15.5 Å². The number of benzene rings is 1. The highest BCUT2D eigenvalue weighted by atomic mass is 16.5. The van der Waals surface area contributed by atoms with E-state index in [1.165, 1.54) is 20.4 Å². The number of carbonyl (C=O) groups is 1. The fraction of sp³-hybridized carbons (Fsp3) is 0.133. The molecule has 0 aliphatic rings. The van der Waals surface area contributed by atoms with Crippen molar-refractivity contribution in [3.63, 3.8) is 0 Å². The van der Waals surface area contributed by atoms with Crippen LogP contribution in [0.25, 0.3) is 0 Å². The van der Waals surface area contributed by atoms with Crippen LogP contribution in [0.15, 0.2) is 47.7 Å². The summed E-state index contributed by atoms with van der Waals surface area (Å²) < 4.78 is 10.2. The van der Waals surface area contributed by atoms with E-state index in [9.17, 15) is 4.79 Å². The maximum absolute atomic E-state index is 12.1. The highest BCUT2D eigenvalue weighted by Crippen LogP contribution is 2.23. The van der Waals surface area contributed by atoms with Crippen LogP contribution in [0, 0.1) is 0 Å². The lowest BCUT2D eigenvalue weighted by Crippen LogP contribution is -2.18. The molecule has 0 radical (unpaired) electrons. The highest BCUT2D eigenvalue weighted by molar-refractivity contribution is 5.97. The van der Waals surface area contributed by atoms with Crippen LogP contribution in [0.1, 0.15) is 16.1 Å². The number of hydrogen-bond donors (Lipinski definition) is 1. The minimum Gasteiger partial charge on any atom is -0.497 e. The Balaban J connectivity index is 2.11. The van der Waals surface area contributed by atoms with E-state index < -0.39 is 5.91 Å². The van der Waals surface area contributed by atoms with Crippen molar-refractivity contribution >= 4 is 12.1 Å². The first-order valence-corrected chi connectivity index (χ1v) is 6.21. The predicted molar refractivity (Wildman–Crippen MR) is 78.8 cm³/mol. The van der Waals surface area contributed by atoms with Gasteiger partial charge in [0.05, 0.1) is 31.7 Å². The minimum atomic E-state index is -0.391. The molecule has 6 nitrogen and oxygen atoms in total. The number of aromatic nitrogens is 1. The zero-order chi connectivity index (χ0) is 15.1. The summed E-state index contributed by atoms with van der Waals surface area (Å²) in [4.78, 5) is 16.2. The van der Waals surface area contributed by atoms with Gasteiger partial charge in [-0.25, -0.2) is 5.43 Å². The summed E-state index contributed by atoms with van der Waals surface area (Å²) in [5, 5.41) is 3.87. The Morgan fingerprint density at radius 2 is 2.10 bits per heavy atom. The van der Waals surface area contributed by atoms with Crippen molar-refractivity contribution < 1.29 is 14.3 Å². The average Bonchev–Trinajstić information content (AvgIpc) is 2.55. The van der Waals surface area contributed by atoms with Gasteiger partial charge in [0.25, 0.3) is 5.91 Å². The molecule has 1 aromatic heterocycles. The topological polar surface area (TPSA) is 72.8 Å². The van der Waals surface area contributed by atoms with Crippen molar-refractivity contribution in [3.8, 4) is 11.5 Å². The van der Waals surface area contributed by atoms with Gasteiger partial charge in [0.1, 0.15) is 11.5 Å². The number of methoxy groups -OCH3 is 2. The molecular formula is C15H15N3O3. The number of ether oxygens (including phenoxy) is 2. The molecule has 2 aromatic rings. The third-order valence-electron chi connectivity index (χ3n) is 2.70. The Hall–Kier alpha value is -2.89. The van der Waals surface area contributed by atoms with Crippen molar-refractivity contribution in [1.82, 2.24) is 10.4 Å². The van der Waals surface area contributed by atoms with Crippen LogP contribution in [0.5, 0.6) is 11.5 Å². The lowest BCUT2D eigenvalue weighted by molar-refractivity contribution is 0.0951. The van der Waals surface area contributed by atoms with Crippen LogP contribution >= 0.6 is 0 Å². The molecule has 0 saturated carbocycles. The Morgan fingerprint density at radius 1 is 1.24 bits per heavy atom. The minimum absolute atomic E-state index is 0.343. The number of pyridine rings is 1. The van der Waals surface area contributed by atoms with Crippen molar-refractivity contribution in [3.05, 3.63) is 53.9 Å². The van der Waals surface area contributed by atoms with Crippen LogP contribution in [0.3, 0.4) is 0 Å². The molecule has 0 fully saturated rings. The Bertz CT molecular complexity index is 642. The van der Waals surface area contributed by atoms with Gasteiger partial charge < -0.3 is 9.47 Å². The van der Waals surface area contributed by atoms with Gasteiger partial charge in [0, 0.05) is 6.20 Å². The Morgan fingerprint density at radius 3 is 2.76 bits per heavy atom. The van der Waals surface area contributed by atoms with Gasteiger partial charge in [-0.3, -0.25) is 9.78 Å². The molecule has 1 N–H and O–H groups in total. The second-order valence-electron chi connectivity index (χ2n) is 4.02. The molecule has 0 unspecified atom stereocenters. The van der Waals surface area contributed by atoms with Gasteiger partial charge in [0.2, 0.25) is 0 Å². The summed E-state index contributed by atoms with van der Waals surface area (Å²) in [6, 6.07) is 10.4. The third kappa shape index (κ3) is 3.79. The largest absolute Gasteiger partial charge is 0.497 e. The lowest BCUT2D eigenvalue weighted by Gasteiger charge is -2.08. The monoisotopic (exact) mass is 285 g/mol. The van der Waals surface area contributed by atoms with Crippen LogP contribution in [0.4, 0.5) is 0 Å². The van der Waals surface area contributed by atoms with Crippen molar-refractivity contribution in [2.75, 3.05) is 14.2 Å². The van der Waals surface area contributed by atoms with Crippen molar-refractivity contribution in [2.24, 2.45) is 5.10 Å². The first-order chi connectivity index (χ1) is 10.2. The second-order valence-corrected chi connectivity index (χ2v) is 4.02. The molecule has 6 heteroatoms. The molecule has 0 atom stereocenters. The van der Waals surface area contributed by atoms with E-state index in [0.29, 0.717) is 22.8 Å². The maximum atomic E-state index is 12.1. The number of nitrogens with one attached hydrogen (secondary N) is 1. The van der Waals surface area contributed by atoms with E-state index in [1.807, 2.05) is 6.07 Å². The van der Waals surface area contributed by atoms with E-state index in [-0.39, 0.29) is 0 Å². The van der Waals surface area contributed by atoms with Crippen LogP contribution in [-0.4, -0.2) is 31.3 Å². The predicted octanol–water partition coefficient (Wildman–Crippen LogP) is 1.86. The maximum Gasteiger partial charge on any atom is 0.275 e. The molecule has 1 heterocycles. The second kappa shape index (κ2) is 7.04. The van der Waals surface area contributed by atoms with E-state index in [0.717, 1.165) is 0 Å². The van der Waals surface area contributed by atoms with Crippen LogP contribution < -0.4 is 14.9 Å². The summed E-state index contributed by atoms with van der Waals surface area (Å²) in [7, 11) is 3.03. The molecule has 0 bridgehead atoms. The number of hydrazone groups is 1. The van der Waals surface area contributed by atoms with Gasteiger partial charge >= 0.3 is 0 Å². The Labute approximate surface area is 122 Å². The summed E-state index contributed by atoms with van der Waals surface area (Å²) in [6.07, 6.45) is 3.11. The normalized spacial score (nSPS) is 10.4. The lowest BCUT2D eigenvalue weighted by atomic mass is 10.2.